The minimum atomic E-state index is -0.908. The molecule has 1 aromatic heterocycles. The number of hydrogen-bond acceptors (Lipinski definition) is 5. The Balaban J connectivity index is 0.00000242. The van der Waals surface area contributed by atoms with Gasteiger partial charge in [-0.2, -0.15) is 0 Å². The van der Waals surface area contributed by atoms with Crippen LogP contribution < -0.4 is 27.3 Å². The zero-order valence-electron chi connectivity index (χ0n) is 11.5. The summed E-state index contributed by atoms with van der Waals surface area (Å²) in [5.41, 5.74) is 6.83. The Labute approximate surface area is 146 Å². The molecular weight excluding hydrogens is 397 g/mol. The quantitative estimate of drug-likeness (QED) is 0.380. The van der Waals surface area contributed by atoms with Gasteiger partial charge in [-0.15, -0.1) is 0 Å². The molecule has 0 saturated carbocycles. The molecular formula is C13H12BrCl2N3O3. The van der Waals surface area contributed by atoms with E-state index in [4.69, 9.17) is 28.9 Å². The topological polar surface area (TPSA) is 86.2 Å². The molecule has 0 bridgehead atoms. The van der Waals surface area contributed by atoms with E-state index in [1.54, 1.807) is 19.1 Å². The van der Waals surface area contributed by atoms with Crippen molar-refractivity contribution in [2.24, 2.45) is 0 Å². The van der Waals surface area contributed by atoms with Gasteiger partial charge in [0.05, 0.1) is 16.7 Å². The highest BCUT2D eigenvalue weighted by molar-refractivity contribution is 6.42. The lowest BCUT2D eigenvalue weighted by molar-refractivity contribution is -0.643. The number of esters is 1. The molecule has 1 aromatic carbocycles. The summed E-state index contributed by atoms with van der Waals surface area (Å²) in [4.78, 5) is 27.4. The van der Waals surface area contributed by atoms with Crippen LogP contribution in [0.2, 0.25) is 10.0 Å². The molecule has 0 atom stereocenters. The third-order valence-corrected chi connectivity index (χ3v) is 3.48. The molecule has 0 aliphatic heterocycles. The zero-order chi connectivity index (χ0) is 15.6. The Kier molecular flexibility index (Phi) is 6.52. The summed E-state index contributed by atoms with van der Waals surface area (Å²) in [6, 6.07) is 3.10. The predicted molar refractivity (Wildman–Crippen MR) is 78.0 cm³/mol. The van der Waals surface area contributed by atoms with Gasteiger partial charge in [-0.05, 0) is 13.0 Å². The molecule has 2 rings (SSSR count). The summed E-state index contributed by atoms with van der Waals surface area (Å²) in [5, 5.41) is 0.638. The molecule has 2 aromatic rings. The van der Waals surface area contributed by atoms with Crippen LogP contribution >= 0.6 is 23.2 Å². The first-order valence-electron chi connectivity index (χ1n) is 6.07. The van der Waals surface area contributed by atoms with Gasteiger partial charge in [0.2, 0.25) is 0 Å². The maximum Gasteiger partial charge on any atom is 0.378 e. The number of carbonyl (C=O) groups is 2. The maximum atomic E-state index is 11.8. The second kappa shape index (κ2) is 7.71. The summed E-state index contributed by atoms with van der Waals surface area (Å²) >= 11 is 11.9. The molecule has 0 unspecified atom stereocenters. The number of ketones is 1. The fourth-order valence-corrected chi connectivity index (χ4v) is 2.10. The number of nitrogen functional groups attached to an aromatic ring is 1. The second-order valence-corrected chi connectivity index (χ2v) is 4.98. The van der Waals surface area contributed by atoms with Crippen molar-refractivity contribution in [2.45, 2.75) is 13.5 Å². The lowest BCUT2D eigenvalue weighted by Crippen LogP contribution is -3.00. The highest BCUT2D eigenvalue weighted by Gasteiger charge is 2.22. The molecule has 6 nitrogen and oxygen atoms in total. The number of fused-ring (bicyclic) bond motifs is 1. The van der Waals surface area contributed by atoms with Crippen molar-refractivity contribution in [3.63, 3.8) is 0 Å². The molecule has 118 valence electrons. The van der Waals surface area contributed by atoms with Crippen LogP contribution in [-0.2, 0) is 20.9 Å². The number of anilines is 1. The van der Waals surface area contributed by atoms with E-state index in [0.717, 1.165) is 0 Å². The lowest BCUT2D eigenvalue weighted by atomic mass is 10.2. The molecule has 0 radical (unpaired) electrons. The number of hydrogen-bond donors (Lipinski definition) is 1. The molecule has 2 N–H and O–H groups in total. The highest BCUT2D eigenvalue weighted by Crippen LogP contribution is 2.25. The van der Waals surface area contributed by atoms with Crippen LogP contribution in [0.5, 0.6) is 0 Å². The van der Waals surface area contributed by atoms with Gasteiger partial charge in [-0.1, -0.05) is 23.2 Å². The first kappa shape index (κ1) is 18.6. The Hall–Kier alpha value is -1.44. The Morgan fingerprint density at radius 1 is 1.32 bits per heavy atom. The monoisotopic (exact) mass is 407 g/mol. The molecule has 1 heterocycles. The SMILES string of the molecule is CCOC(=O)C(=O)C[n+]1c(N)cnc2cc(Cl)c(Cl)cc21.[Br-]. The normalized spacial score (nSPS) is 10.1. The van der Waals surface area contributed by atoms with Crippen LogP contribution in [0, 0.1) is 0 Å². The van der Waals surface area contributed by atoms with Gasteiger partial charge < -0.3 is 21.7 Å². The average molecular weight is 409 g/mol. The van der Waals surface area contributed by atoms with E-state index in [1.807, 2.05) is 0 Å². The van der Waals surface area contributed by atoms with Crippen molar-refractivity contribution >= 4 is 51.8 Å². The second-order valence-electron chi connectivity index (χ2n) is 4.17. The molecule has 0 fully saturated rings. The van der Waals surface area contributed by atoms with Gasteiger partial charge in [0, 0.05) is 6.07 Å². The Morgan fingerprint density at radius 2 is 1.95 bits per heavy atom. The summed E-state index contributed by atoms with van der Waals surface area (Å²) in [7, 11) is 0. The van der Waals surface area contributed by atoms with Crippen LogP contribution in [0.15, 0.2) is 18.3 Å². The number of carbonyl (C=O) groups excluding carboxylic acids is 2. The van der Waals surface area contributed by atoms with Crippen molar-refractivity contribution in [3.05, 3.63) is 28.4 Å². The third kappa shape index (κ3) is 3.85. The highest BCUT2D eigenvalue weighted by atomic mass is 79.9. The van der Waals surface area contributed by atoms with E-state index in [0.29, 0.717) is 21.1 Å². The fourth-order valence-electron chi connectivity index (χ4n) is 1.79. The predicted octanol–water partition coefficient (Wildman–Crippen LogP) is -1.45. The van der Waals surface area contributed by atoms with Crippen LogP contribution in [-0.4, -0.2) is 23.3 Å². The van der Waals surface area contributed by atoms with Crippen molar-refractivity contribution in [3.8, 4) is 0 Å². The van der Waals surface area contributed by atoms with E-state index in [2.05, 4.69) is 9.72 Å². The van der Waals surface area contributed by atoms with Crippen molar-refractivity contribution < 1.29 is 35.9 Å². The van der Waals surface area contributed by atoms with E-state index in [9.17, 15) is 9.59 Å². The van der Waals surface area contributed by atoms with Gasteiger partial charge in [-0.3, -0.25) is 10.5 Å². The Morgan fingerprint density at radius 3 is 2.59 bits per heavy atom. The van der Waals surface area contributed by atoms with Crippen LogP contribution in [0.4, 0.5) is 5.82 Å². The van der Waals surface area contributed by atoms with Gasteiger partial charge in [0.15, 0.2) is 12.1 Å². The third-order valence-electron chi connectivity index (χ3n) is 2.76. The van der Waals surface area contributed by atoms with Crippen LogP contribution in [0.3, 0.4) is 0 Å². The molecule has 9 heteroatoms. The minimum Gasteiger partial charge on any atom is -1.00 e. The number of nitrogens with zero attached hydrogens (tertiary/aromatic N) is 2. The smallest absolute Gasteiger partial charge is 0.378 e. The number of benzene rings is 1. The van der Waals surface area contributed by atoms with Crippen molar-refractivity contribution in [1.82, 2.24) is 4.98 Å². The van der Waals surface area contributed by atoms with Gasteiger partial charge in [0.25, 0.3) is 11.6 Å². The van der Waals surface area contributed by atoms with Crippen LogP contribution in [0.1, 0.15) is 6.92 Å². The van der Waals surface area contributed by atoms with E-state index >= 15 is 0 Å². The van der Waals surface area contributed by atoms with E-state index in [1.165, 1.54) is 10.8 Å². The molecule has 0 amide bonds. The largest absolute Gasteiger partial charge is 1.00 e. The van der Waals surface area contributed by atoms with Gasteiger partial charge >= 0.3 is 5.97 Å². The number of nitrogens with two attached hydrogens (primary N) is 1. The summed E-state index contributed by atoms with van der Waals surface area (Å²) in [6.45, 7) is 1.49. The van der Waals surface area contributed by atoms with Gasteiger partial charge in [0.1, 0.15) is 11.7 Å². The number of aromatic nitrogens is 2. The number of Topliss-reactive ketones (excluding diaryl/α,β-unsaturated/α-hetero) is 1. The standard InChI is InChI=1S/C13H11Cl2N3O3.BrH/c1-2-21-13(20)11(19)6-18-10-4-8(15)7(14)3-9(10)17-5-12(18)16;/h3-5,16H,2,6H2,1H3;1H. The number of halogens is 3. The Bertz CT molecular complexity index is 740. The maximum absolute atomic E-state index is 11.8. The molecule has 22 heavy (non-hydrogen) atoms. The average Bonchev–Trinajstić information content (AvgIpc) is 2.44. The molecule has 0 aliphatic rings. The first-order valence-corrected chi connectivity index (χ1v) is 6.82. The van der Waals surface area contributed by atoms with Crippen molar-refractivity contribution in [1.29, 1.82) is 0 Å². The first-order chi connectivity index (χ1) is 9.93. The van der Waals surface area contributed by atoms with Crippen molar-refractivity contribution in [2.75, 3.05) is 12.3 Å². The number of ether oxygens (including phenoxy) is 1. The van der Waals surface area contributed by atoms with E-state index < -0.39 is 11.8 Å². The van der Waals surface area contributed by atoms with Crippen LogP contribution in [0.25, 0.3) is 11.0 Å². The summed E-state index contributed by atoms with van der Waals surface area (Å²) in [5.74, 6) is -1.40. The zero-order valence-corrected chi connectivity index (χ0v) is 14.6. The minimum absolute atomic E-state index is 0. The molecule has 0 spiro atoms. The number of rotatable bonds is 4. The fraction of sp³-hybridized carbons (Fsp3) is 0.231. The van der Waals surface area contributed by atoms with E-state index in [-0.39, 0.29) is 36.0 Å². The molecule has 0 aliphatic carbocycles. The summed E-state index contributed by atoms with van der Waals surface area (Å²) < 4.78 is 6.10. The van der Waals surface area contributed by atoms with Gasteiger partial charge in [-0.25, -0.2) is 14.3 Å². The molecule has 0 saturated heterocycles. The summed E-state index contributed by atoms with van der Waals surface area (Å²) in [6.07, 6.45) is 1.38. The lowest BCUT2D eigenvalue weighted by Gasteiger charge is -2.07.